The van der Waals surface area contributed by atoms with Gasteiger partial charge in [-0.15, -0.1) is 0 Å². The van der Waals surface area contributed by atoms with Crippen molar-refractivity contribution >= 4 is 11.1 Å². The third-order valence-corrected chi connectivity index (χ3v) is 2.86. The summed E-state index contributed by atoms with van der Waals surface area (Å²) in [6.45, 7) is 22.0. The van der Waals surface area contributed by atoms with E-state index in [0.29, 0.717) is 5.41 Å². The van der Waals surface area contributed by atoms with Crippen molar-refractivity contribution in [3.8, 4) is 0 Å². The lowest BCUT2D eigenvalue weighted by Crippen LogP contribution is -2.06. The Balaban J connectivity index is 0.000000400. The molecule has 0 bridgehead atoms. The second-order valence-electron chi connectivity index (χ2n) is 6.62. The normalized spacial score (nSPS) is 10.2. The minimum atomic E-state index is 0.299. The molecular formula is C20H30O. The van der Waals surface area contributed by atoms with E-state index in [4.69, 9.17) is 4.74 Å². The second kappa shape index (κ2) is 8.51. The predicted molar refractivity (Wildman–Crippen MR) is 96.1 cm³/mol. The summed E-state index contributed by atoms with van der Waals surface area (Å²) in [5.41, 5.74) is 4.87. The summed E-state index contributed by atoms with van der Waals surface area (Å²) < 4.78 is 4.93. The van der Waals surface area contributed by atoms with Gasteiger partial charge in [-0.3, -0.25) is 0 Å². The largest absolute Gasteiger partial charge is 0.502 e. The summed E-state index contributed by atoms with van der Waals surface area (Å²) in [5.74, 6) is 0.863. The van der Waals surface area contributed by atoms with Crippen LogP contribution in [0, 0.1) is 5.41 Å². The van der Waals surface area contributed by atoms with Crippen molar-refractivity contribution in [1.82, 2.24) is 0 Å². The van der Waals surface area contributed by atoms with Crippen molar-refractivity contribution in [2.45, 2.75) is 41.0 Å². The van der Waals surface area contributed by atoms with E-state index < -0.39 is 0 Å². The molecule has 0 aromatic heterocycles. The molecule has 0 unspecified atom stereocenters. The van der Waals surface area contributed by atoms with E-state index in [2.05, 4.69) is 58.7 Å². The zero-order valence-corrected chi connectivity index (χ0v) is 14.5. The van der Waals surface area contributed by atoms with Gasteiger partial charge in [-0.1, -0.05) is 69.9 Å². The van der Waals surface area contributed by atoms with Gasteiger partial charge in [0.05, 0.1) is 12.9 Å². The standard InChI is InChI=1S/C12H14.C8H16O/c1-9(2)11-6-5-7-12(8-11)10(3)4;1-7(9-5)6-8(2,3)4/h5-8H,1,3H2,2,4H3;1,6H2,2-5H3. The maximum absolute atomic E-state index is 4.93. The van der Waals surface area contributed by atoms with E-state index in [-0.39, 0.29) is 0 Å². The second-order valence-corrected chi connectivity index (χ2v) is 6.62. The molecular weight excluding hydrogens is 256 g/mol. The lowest BCUT2D eigenvalue weighted by Gasteiger charge is -2.18. The summed E-state index contributed by atoms with van der Waals surface area (Å²) in [5, 5.41) is 0. The van der Waals surface area contributed by atoms with Gasteiger partial charge < -0.3 is 4.74 Å². The van der Waals surface area contributed by atoms with Gasteiger partial charge in [0.1, 0.15) is 0 Å². The van der Waals surface area contributed by atoms with Crippen molar-refractivity contribution in [1.29, 1.82) is 0 Å². The molecule has 0 saturated carbocycles. The van der Waals surface area contributed by atoms with E-state index >= 15 is 0 Å². The highest BCUT2D eigenvalue weighted by Crippen LogP contribution is 2.22. The Bertz CT molecular complexity index is 472. The molecule has 0 spiro atoms. The number of hydrogen-bond donors (Lipinski definition) is 0. The topological polar surface area (TPSA) is 9.23 Å². The van der Waals surface area contributed by atoms with Crippen LogP contribution in [-0.4, -0.2) is 7.11 Å². The van der Waals surface area contributed by atoms with Crippen LogP contribution in [0.3, 0.4) is 0 Å². The summed E-state index contributed by atoms with van der Waals surface area (Å²) in [7, 11) is 1.66. The average molecular weight is 286 g/mol. The molecule has 116 valence electrons. The molecule has 1 nitrogen and oxygen atoms in total. The maximum Gasteiger partial charge on any atom is 0.0889 e. The van der Waals surface area contributed by atoms with Crippen LogP contribution in [0.15, 0.2) is 49.8 Å². The Morgan fingerprint density at radius 3 is 1.67 bits per heavy atom. The Hall–Kier alpha value is -1.76. The fraction of sp³-hybridized carbons (Fsp3) is 0.400. The fourth-order valence-corrected chi connectivity index (χ4v) is 1.71. The zero-order chi connectivity index (χ0) is 16.6. The molecule has 0 aliphatic carbocycles. The molecule has 0 radical (unpaired) electrons. The van der Waals surface area contributed by atoms with E-state index in [1.54, 1.807) is 7.11 Å². The van der Waals surface area contributed by atoms with Crippen LogP contribution in [0.1, 0.15) is 52.2 Å². The maximum atomic E-state index is 4.93. The van der Waals surface area contributed by atoms with Crippen LogP contribution in [0.4, 0.5) is 0 Å². The number of methoxy groups -OCH3 is 1. The van der Waals surface area contributed by atoms with Crippen LogP contribution in [0.5, 0.6) is 0 Å². The van der Waals surface area contributed by atoms with Crippen LogP contribution < -0.4 is 0 Å². The summed E-state index contributed by atoms with van der Waals surface area (Å²) in [6, 6.07) is 8.28. The molecule has 0 aliphatic heterocycles. The first kappa shape index (κ1) is 19.2. The molecule has 0 aliphatic rings. The van der Waals surface area contributed by atoms with E-state index in [1.165, 1.54) is 11.1 Å². The lowest BCUT2D eigenvalue weighted by molar-refractivity contribution is 0.239. The summed E-state index contributed by atoms with van der Waals surface area (Å²) >= 11 is 0. The molecule has 1 rings (SSSR count). The van der Waals surface area contributed by atoms with Crippen molar-refractivity contribution in [3.05, 3.63) is 60.9 Å². The van der Waals surface area contributed by atoms with Gasteiger partial charge in [-0.25, -0.2) is 0 Å². The van der Waals surface area contributed by atoms with Gasteiger partial charge in [0.15, 0.2) is 0 Å². The Kier molecular flexibility index (Phi) is 7.80. The summed E-state index contributed by atoms with van der Waals surface area (Å²) in [4.78, 5) is 0. The first-order valence-electron chi connectivity index (χ1n) is 7.20. The third kappa shape index (κ3) is 8.91. The SMILES string of the molecule is C=C(C)c1cccc(C(=C)C)c1.C=C(CC(C)(C)C)OC. The highest BCUT2D eigenvalue weighted by atomic mass is 16.5. The van der Waals surface area contributed by atoms with Crippen molar-refractivity contribution in [3.63, 3.8) is 0 Å². The van der Waals surface area contributed by atoms with Crippen LogP contribution in [0.25, 0.3) is 11.1 Å². The van der Waals surface area contributed by atoms with Crippen molar-refractivity contribution < 1.29 is 4.74 Å². The van der Waals surface area contributed by atoms with Crippen molar-refractivity contribution in [2.75, 3.05) is 7.11 Å². The minimum Gasteiger partial charge on any atom is -0.502 e. The molecule has 1 aromatic carbocycles. The highest BCUT2D eigenvalue weighted by Gasteiger charge is 2.11. The number of ether oxygens (including phenoxy) is 1. The molecule has 0 heterocycles. The first-order chi connectivity index (χ1) is 9.56. The molecule has 0 saturated heterocycles. The molecule has 0 atom stereocenters. The number of hydrogen-bond acceptors (Lipinski definition) is 1. The number of benzene rings is 1. The molecule has 0 fully saturated rings. The van der Waals surface area contributed by atoms with Gasteiger partial charge in [-0.05, 0) is 36.5 Å². The van der Waals surface area contributed by atoms with Crippen LogP contribution in [0.2, 0.25) is 0 Å². The molecule has 1 aromatic rings. The van der Waals surface area contributed by atoms with E-state index in [9.17, 15) is 0 Å². The van der Waals surface area contributed by atoms with E-state index in [1.807, 2.05) is 19.9 Å². The van der Waals surface area contributed by atoms with Crippen LogP contribution >= 0.6 is 0 Å². The zero-order valence-electron chi connectivity index (χ0n) is 14.5. The highest BCUT2D eigenvalue weighted by molar-refractivity contribution is 5.68. The van der Waals surface area contributed by atoms with Gasteiger partial charge in [0.25, 0.3) is 0 Å². The number of rotatable bonds is 4. The van der Waals surface area contributed by atoms with Crippen LogP contribution in [-0.2, 0) is 4.74 Å². The molecule has 0 N–H and O–H groups in total. The molecule has 1 heteroatoms. The Labute approximate surface area is 131 Å². The predicted octanol–water partition coefficient (Wildman–Crippen LogP) is 6.34. The first-order valence-corrected chi connectivity index (χ1v) is 7.20. The van der Waals surface area contributed by atoms with E-state index in [0.717, 1.165) is 23.3 Å². The number of allylic oxidation sites excluding steroid dienone is 3. The Morgan fingerprint density at radius 2 is 1.43 bits per heavy atom. The Morgan fingerprint density at radius 1 is 1.00 bits per heavy atom. The monoisotopic (exact) mass is 286 g/mol. The third-order valence-electron chi connectivity index (χ3n) is 2.86. The quantitative estimate of drug-likeness (QED) is 0.587. The van der Waals surface area contributed by atoms with Crippen molar-refractivity contribution in [2.24, 2.45) is 5.41 Å². The van der Waals surface area contributed by atoms with Gasteiger partial charge in [-0.2, -0.15) is 0 Å². The smallest absolute Gasteiger partial charge is 0.0889 e. The van der Waals surface area contributed by atoms with Gasteiger partial charge >= 0.3 is 0 Å². The average Bonchev–Trinajstić information content (AvgIpc) is 2.37. The minimum absolute atomic E-state index is 0.299. The summed E-state index contributed by atoms with van der Waals surface area (Å²) in [6.07, 6.45) is 0.934. The van der Waals surface area contributed by atoms with Gasteiger partial charge in [0.2, 0.25) is 0 Å². The van der Waals surface area contributed by atoms with Gasteiger partial charge in [0, 0.05) is 6.42 Å². The fourth-order valence-electron chi connectivity index (χ4n) is 1.71. The molecule has 0 amide bonds. The molecule has 21 heavy (non-hydrogen) atoms. The lowest BCUT2D eigenvalue weighted by atomic mass is 9.92.